The van der Waals surface area contributed by atoms with Gasteiger partial charge in [0.1, 0.15) is 17.2 Å². The molecule has 0 bridgehead atoms. The highest BCUT2D eigenvalue weighted by molar-refractivity contribution is 5.81. The van der Waals surface area contributed by atoms with Gasteiger partial charge in [-0.05, 0) is 45.4 Å². The molecule has 1 aromatic heterocycles. The van der Waals surface area contributed by atoms with Gasteiger partial charge in [-0.25, -0.2) is 4.39 Å². The molecule has 0 saturated heterocycles. The minimum atomic E-state index is -0.226. The van der Waals surface area contributed by atoms with Crippen LogP contribution in [0.25, 0.3) is 11.0 Å². The van der Waals surface area contributed by atoms with Gasteiger partial charge in [0.2, 0.25) is 0 Å². The van der Waals surface area contributed by atoms with Crippen molar-refractivity contribution in [3.8, 4) is 0 Å². The summed E-state index contributed by atoms with van der Waals surface area (Å²) < 4.78 is 19.2. The second-order valence-corrected chi connectivity index (χ2v) is 5.42. The third-order valence-corrected chi connectivity index (χ3v) is 2.67. The third kappa shape index (κ3) is 2.67. The Morgan fingerprint density at radius 1 is 1.29 bits per heavy atom. The lowest BCUT2D eigenvalue weighted by Crippen LogP contribution is -2.34. The Balaban J connectivity index is 2.32. The fraction of sp³-hybridized carbons (Fsp3) is 0.429. The van der Waals surface area contributed by atoms with E-state index in [1.165, 1.54) is 6.07 Å². The summed E-state index contributed by atoms with van der Waals surface area (Å²) in [6.07, 6.45) is 0. The number of benzene rings is 1. The first-order valence-electron chi connectivity index (χ1n) is 5.79. The zero-order chi connectivity index (χ0) is 12.6. The second-order valence-electron chi connectivity index (χ2n) is 5.42. The van der Waals surface area contributed by atoms with E-state index in [1.807, 2.05) is 6.92 Å². The van der Waals surface area contributed by atoms with Crippen LogP contribution in [0.5, 0.6) is 0 Å². The molecule has 0 aliphatic heterocycles. The second kappa shape index (κ2) is 4.15. The number of nitrogens with one attached hydrogen (secondary N) is 1. The molecule has 1 aromatic carbocycles. The zero-order valence-electron chi connectivity index (χ0n) is 10.7. The number of halogens is 1. The molecule has 3 heteroatoms. The smallest absolute Gasteiger partial charge is 0.140 e. The molecule has 2 aromatic rings. The highest BCUT2D eigenvalue weighted by Crippen LogP contribution is 2.25. The largest absolute Gasteiger partial charge is 0.459 e. The van der Waals surface area contributed by atoms with Crippen LogP contribution in [0, 0.1) is 12.7 Å². The minimum Gasteiger partial charge on any atom is -0.459 e. The Bertz CT molecular complexity index is 498. The van der Waals surface area contributed by atoms with Crippen LogP contribution in [-0.2, 0) is 6.54 Å². The topological polar surface area (TPSA) is 25.2 Å². The summed E-state index contributed by atoms with van der Waals surface area (Å²) in [5, 5.41) is 3.89. The van der Waals surface area contributed by atoms with Crippen molar-refractivity contribution in [3.63, 3.8) is 0 Å². The van der Waals surface area contributed by atoms with E-state index in [1.54, 1.807) is 12.1 Å². The van der Waals surface area contributed by atoms with Crippen molar-refractivity contribution in [2.45, 2.75) is 39.8 Å². The lowest BCUT2D eigenvalue weighted by atomic mass is 10.1. The molecule has 0 amide bonds. The molecule has 0 unspecified atom stereocenters. The summed E-state index contributed by atoms with van der Waals surface area (Å²) >= 11 is 0. The summed E-state index contributed by atoms with van der Waals surface area (Å²) in [5.41, 5.74) is 1.63. The van der Waals surface area contributed by atoms with Gasteiger partial charge in [-0.1, -0.05) is 6.07 Å². The molecule has 0 aliphatic rings. The van der Waals surface area contributed by atoms with Crippen molar-refractivity contribution in [1.82, 2.24) is 5.32 Å². The Labute approximate surface area is 101 Å². The SMILES string of the molecule is Cc1ccc(F)c2cc(CNC(C)(C)C)oc12. The number of hydrogen-bond acceptors (Lipinski definition) is 2. The fourth-order valence-corrected chi connectivity index (χ4v) is 1.72. The predicted molar refractivity (Wildman–Crippen MR) is 67.5 cm³/mol. The standard InChI is InChI=1S/C14H18FNO/c1-9-5-6-12(15)11-7-10(17-13(9)11)8-16-14(2,3)4/h5-7,16H,8H2,1-4H3. The monoisotopic (exact) mass is 235 g/mol. The quantitative estimate of drug-likeness (QED) is 0.857. The lowest BCUT2D eigenvalue weighted by molar-refractivity contribution is 0.395. The number of fused-ring (bicyclic) bond motifs is 1. The molecular weight excluding hydrogens is 217 g/mol. The number of rotatable bonds is 2. The van der Waals surface area contributed by atoms with Crippen LogP contribution in [0.2, 0.25) is 0 Å². The number of furan rings is 1. The Morgan fingerprint density at radius 3 is 2.59 bits per heavy atom. The van der Waals surface area contributed by atoms with Gasteiger partial charge in [0.25, 0.3) is 0 Å². The zero-order valence-corrected chi connectivity index (χ0v) is 10.7. The first-order chi connectivity index (χ1) is 7.87. The van der Waals surface area contributed by atoms with E-state index in [0.717, 1.165) is 11.3 Å². The summed E-state index contributed by atoms with van der Waals surface area (Å²) in [5.74, 6) is 0.541. The molecule has 0 aliphatic carbocycles. The molecule has 0 radical (unpaired) electrons. The van der Waals surface area contributed by atoms with E-state index < -0.39 is 0 Å². The highest BCUT2D eigenvalue weighted by Gasteiger charge is 2.13. The molecule has 0 spiro atoms. The number of aryl methyl sites for hydroxylation is 1. The van der Waals surface area contributed by atoms with Crippen LogP contribution in [0.3, 0.4) is 0 Å². The first kappa shape index (κ1) is 12.1. The maximum Gasteiger partial charge on any atom is 0.140 e. The molecular formula is C14H18FNO. The van der Waals surface area contributed by atoms with Gasteiger partial charge < -0.3 is 9.73 Å². The molecule has 2 rings (SSSR count). The molecule has 17 heavy (non-hydrogen) atoms. The maximum absolute atomic E-state index is 13.6. The first-order valence-corrected chi connectivity index (χ1v) is 5.79. The lowest BCUT2D eigenvalue weighted by Gasteiger charge is -2.19. The highest BCUT2D eigenvalue weighted by atomic mass is 19.1. The average Bonchev–Trinajstić information content (AvgIpc) is 2.65. The van der Waals surface area contributed by atoms with Crippen LogP contribution in [-0.4, -0.2) is 5.54 Å². The van der Waals surface area contributed by atoms with Gasteiger partial charge in [0.15, 0.2) is 0 Å². The van der Waals surface area contributed by atoms with Crippen LogP contribution in [0.15, 0.2) is 22.6 Å². The van der Waals surface area contributed by atoms with Gasteiger partial charge in [-0.2, -0.15) is 0 Å². The molecule has 1 N–H and O–H groups in total. The maximum atomic E-state index is 13.6. The van der Waals surface area contributed by atoms with Crippen LogP contribution >= 0.6 is 0 Å². The molecule has 92 valence electrons. The summed E-state index contributed by atoms with van der Waals surface area (Å²) in [4.78, 5) is 0. The third-order valence-electron chi connectivity index (χ3n) is 2.67. The van der Waals surface area contributed by atoms with Gasteiger partial charge in [0.05, 0.1) is 11.9 Å². The van der Waals surface area contributed by atoms with E-state index in [2.05, 4.69) is 26.1 Å². The molecule has 0 saturated carbocycles. The Kier molecular flexibility index (Phi) is 2.96. The Morgan fingerprint density at radius 2 is 2.00 bits per heavy atom. The average molecular weight is 235 g/mol. The van der Waals surface area contributed by atoms with E-state index in [-0.39, 0.29) is 11.4 Å². The minimum absolute atomic E-state index is 0.0204. The van der Waals surface area contributed by atoms with Gasteiger partial charge in [-0.3, -0.25) is 0 Å². The van der Waals surface area contributed by atoms with Crippen molar-refractivity contribution < 1.29 is 8.81 Å². The molecule has 0 atom stereocenters. The summed E-state index contributed by atoms with van der Waals surface area (Å²) in [6, 6.07) is 4.99. The normalized spacial score (nSPS) is 12.3. The van der Waals surface area contributed by atoms with Gasteiger partial charge >= 0.3 is 0 Å². The van der Waals surface area contributed by atoms with E-state index in [4.69, 9.17) is 4.42 Å². The summed E-state index contributed by atoms with van der Waals surface area (Å²) in [6.45, 7) is 8.79. The van der Waals surface area contributed by atoms with Crippen molar-refractivity contribution in [3.05, 3.63) is 35.3 Å². The van der Waals surface area contributed by atoms with E-state index in [9.17, 15) is 4.39 Å². The number of hydrogen-bond donors (Lipinski definition) is 1. The van der Waals surface area contributed by atoms with Crippen LogP contribution < -0.4 is 5.32 Å². The fourth-order valence-electron chi connectivity index (χ4n) is 1.72. The molecule has 0 fully saturated rings. The van der Waals surface area contributed by atoms with Gasteiger partial charge in [0, 0.05) is 5.54 Å². The van der Waals surface area contributed by atoms with Crippen LogP contribution in [0.1, 0.15) is 32.1 Å². The van der Waals surface area contributed by atoms with E-state index in [0.29, 0.717) is 17.5 Å². The summed E-state index contributed by atoms with van der Waals surface area (Å²) in [7, 11) is 0. The van der Waals surface area contributed by atoms with E-state index >= 15 is 0 Å². The van der Waals surface area contributed by atoms with Crippen molar-refractivity contribution >= 4 is 11.0 Å². The van der Waals surface area contributed by atoms with Gasteiger partial charge in [-0.15, -0.1) is 0 Å². The Hall–Kier alpha value is -1.35. The predicted octanol–water partition coefficient (Wildman–Crippen LogP) is 3.77. The van der Waals surface area contributed by atoms with Crippen LogP contribution in [0.4, 0.5) is 4.39 Å². The van der Waals surface area contributed by atoms with Crippen molar-refractivity contribution in [2.24, 2.45) is 0 Å². The molecule has 1 heterocycles. The molecule has 2 nitrogen and oxygen atoms in total. The van der Waals surface area contributed by atoms with Crippen molar-refractivity contribution in [2.75, 3.05) is 0 Å². The van der Waals surface area contributed by atoms with Crippen molar-refractivity contribution in [1.29, 1.82) is 0 Å².